The first kappa shape index (κ1) is 17.6. The Morgan fingerprint density at radius 3 is 2.40 bits per heavy atom. The average molecular weight is 316 g/mol. The summed E-state index contributed by atoms with van der Waals surface area (Å²) >= 11 is 3.77. The summed E-state index contributed by atoms with van der Waals surface area (Å²) in [6.45, 7) is 3.88. The number of carbonyl (C=O) groups is 1. The predicted molar refractivity (Wildman–Crippen MR) is 84.4 cm³/mol. The van der Waals surface area contributed by atoms with Crippen molar-refractivity contribution in [3.8, 4) is 0 Å². The van der Waals surface area contributed by atoms with Crippen LogP contribution in [0.5, 0.6) is 0 Å². The third kappa shape index (κ3) is 6.31. The number of nitrogens with one attached hydrogen (secondary N) is 1. The third-order valence-corrected chi connectivity index (χ3v) is 3.67. The summed E-state index contributed by atoms with van der Waals surface area (Å²) in [6, 6.07) is 7.53. The zero-order valence-electron chi connectivity index (χ0n) is 11.5. The predicted octanol–water partition coefficient (Wildman–Crippen LogP) is 2.12. The van der Waals surface area contributed by atoms with Crippen LogP contribution in [0.25, 0.3) is 0 Å². The fourth-order valence-electron chi connectivity index (χ4n) is 1.98. The van der Waals surface area contributed by atoms with E-state index in [0.29, 0.717) is 0 Å². The summed E-state index contributed by atoms with van der Waals surface area (Å²) in [7, 11) is -1.94. The molecule has 0 aliphatic carbocycles. The first-order valence-corrected chi connectivity index (χ1v) is 8.24. The molecule has 0 unspecified atom stereocenters. The Bertz CT molecular complexity index is 426. The molecule has 1 fully saturated rings. The maximum atomic E-state index is 10.9. The molecule has 3 N–H and O–H groups in total. The van der Waals surface area contributed by atoms with Gasteiger partial charge in [-0.25, -0.2) is 5.01 Å². The highest BCUT2D eigenvalue weighted by Crippen LogP contribution is 2.18. The number of benzene rings is 1. The standard InChI is InChI=1S/C9H10OS.C4H11N2O2P/c1-2-7-5-3-4-6-8(7)9(10)11;7-9(8)5-6-3-1-2-4-6/h3-6H,2H2,1H3,(H,10,11);5,7-8H,1-4H2. The van der Waals surface area contributed by atoms with Crippen LogP contribution < -0.4 is 5.20 Å². The lowest BCUT2D eigenvalue weighted by atomic mass is 10.1. The van der Waals surface area contributed by atoms with Gasteiger partial charge in [0.2, 0.25) is 5.12 Å². The fraction of sp³-hybridized carbons (Fsp3) is 0.462. The van der Waals surface area contributed by atoms with Gasteiger partial charge in [0.05, 0.1) is 0 Å². The van der Waals surface area contributed by atoms with Gasteiger partial charge in [-0.3, -0.25) is 4.79 Å². The summed E-state index contributed by atoms with van der Waals surface area (Å²) in [5.74, 6) is 0. The zero-order chi connectivity index (χ0) is 15.0. The molecule has 0 spiro atoms. The Hall–Kier alpha value is -0.490. The molecule has 112 valence electrons. The number of aryl methyl sites for hydroxylation is 1. The van der Waals surface area contributed by atoms with Crippen molar-refractivity contribution in [2.45, 2.75) is 26.2 Å². The summed E-state index contributed by atoms with van der Waals surface area (Å²) in [6.07, 6.45) is 3.18. The van der Waals surface area contributed by atoms with Crippen LogP contribution in [-0.2, 0) is 6.42 Å². The lowest BCUT2D eigenvalue weighted by Gasteiger charge is -2.15. The van der Waals surface area contributed by atoms with Crippen molar-refractivity contribution in [2.24, 2.45) is 0 Å². The molecule has 1 aromatic rings. The summed E-state index contributed by atoms with van der Waals surface area (Å²) in [5, 5.41) is 4.24. The van der Waals surface area contributed by atoms with E-state index in [2.05, 4.69) is 17.8 Å². The number of hydrazine groups is 1. The van der Waals surface area contributed by atoms with E-state index in [1.807, 2.05) is 30.1 Å². The van der Waals surface area contributed by atoms with Crippen LogP contribution in [0.4, 0.5) is 0 Å². The van der Waals surface area contributed by atoms with Gasteiger partial charge < -0.3 is 9.79 Å². The molecule has 1 aliphatic rings. The Balaban J connectivity index is 0.000000204. The number of nitrogens with zero attached hydrogens (tertiary/aromatic N) is 1. The lowest BCUT2D eigenvalue weighted by Crippen LogP contribution is -2.30. The van der Waals surface area contributed by atoms with E-state index in [9.17, 15) is 4.79 Å². The molecule has 0 saturated carbocycles. The fourth-order valence-corrected chi connectivity index (χ4v) is 2.65. The minimum Gasteiger partial charge on any atom is -0.337 e. The average Bonchev–Trinajstić information content (AvgIpc) is 2.91. The third-order valence-electron chi connectivity index (χ3n) is 2.97. The van der Waals surface area contributed by atoms with Crippen molar-refractivity contribution in [2.75, 3.05) is 13.1 Å². The Morgan fingerprint density at radius 2 is 1.95 bits per heavy atom. The second kappa shape index (κ2) is 9.45. The van der Waals surface area contributed by atoms with E-state index >= 15 is 0 Å². The Morgan fingerprint density at radius 1 is 1.35 bits per heavy atom. The van der Waals surface area contributed by atoms with E-state index in [-0.39, 0.29) is 5.12 Å². The molecule has 7 heteroatoms. The van der Waals surface area contributed by atoms with Gasteiger partial charge in [0, 0.05) is 18.7 Å². The summed E-state index contributed by atoms with van der Waals surface area (Å²) in [5.41, 5.74) is 1.78. The van der Waals surface area contributed by atoms with E-state index in [0.717, 1.165) is 43.5 Å². The second-order valence-corrected chi connectivity index (χ2v) is 5.58. The molecule has 1 aliphatic heterocycles. The number of rotatable bonds is 4. The maximum Gasteiger partial charge on any atom is 0.265 e. The largest absolute Gasteiger partial charge is 0.337 e. The van der Waals surface area contributed by atoms with Gasteiger partial charge in [0.15, 0.2) is 0 Å². The number of hydrogen-bond acceptors (Lipinski definition) is 5. The quantitative estimate of drug-likeness (QED) is 0.506. The van der Waals surface area contributed by atoms with E-state index in [4.69, 9.17) is 9.79 Å². The highest BCUT2D eigenvalue weighted by molar-refractivity contribution is 7.97. The van der Waals surface area contributed by atoms with Crippen LogP contribution in [0, 0.1) is 0 Å². The Kier molecular flexibility index (Phi) is 8.30. The first-order valence-electron chi connectivity index (χ1n) is 6.55. The molecule has 1 saturated heterocycles. The molecule has 0 bridgehead atoms. The minimum atomic E-state index is -1.94. The smallest absolute Gasteiger partial charge is 0.265 e. The van der Waals surface area contributed by atoms with Crippen molar-refractivity contribution < 1.29 is 14.6 Å². The monoisotopic (exact) mass is 316 g/mol. The molecule has 0 radical (unpaired) electrons. The minimum absolute atomic E-state index is 0.151. The van der Waals surface area contributed by atoms with Gasteiger partial charge in [-0.1, -0.05) is 31.2 Å². The normalized spacial score (nSPS) is 15.1. The highest BCUT2D eigenvalue weighted by Gasteiger charge is 2.12. The van der Waals surface area contributed by atoms with Crippen LogP contribution in [0.15, 0.2) is 24.3 Å². The molecule has 1 aromatic carbocycles. The topological polar surface area (TPSA) is 72.8 Å². The van der Waals surface area contributed by atoms with Gasteiger partial charge in [-0.05, 0) is 24.8 Å². The highest BCUT2D eigenvalue weighted by atomic mass is 32.1. The molecule has 0 aromatic heterocycles. The molecular formula is C13H21N2O3PS. The van der Waals surface area contributed by atoms with Crippen LogP contribution in [0.1, 0.15) is 35.7 Å². The summed E-state index contributed by atoms with van der Waals surface area (Å²) in [4.78, 5) is 27.9. The zero-order valence-corrected chi connectivity index (χ0v) is 13.3. The molecule has 1 heterocycles. The van der Waals surface area contributed by atoms with E-state index in [1.165, 1.54) is 0 Å². The lowest BCUT2D eigenvalue weighted by molar-refractivity contribution is 0.109. The van der Waals surface area contributed by atoms with Gasteiger partial charge in [0.25, 0.3) is 8.53 Å². The van der Waals surface area contributed by atoms with Crippen LogP contribution in [0.3, 0.4) is 0 Å². The number of carbonyl (C=O) groups excluding carboxylic acids is 1. The molecule has 5 nitrogen and oxygen atoms in total. The van der Waals surface area contributed by atoms with Crippen LogP contribution in [0.2, 0.25) is 0 Å². The van der Waals surface area contributed by atoms with Crippen molar-refractivity contribution >= 4 is 26.3 Å². The van der Waals surface area contributed by atoms with Crippen LogP contribution in [-0.4, -0.2) is 33.0 Å². The number of thiol groups is 1. The molecule has 2 rings (SSSR count). The Labute approximate surface area is 126 Å². The van der Waals surface area contributed by atoms with Gasteiger partial charge in [-0.2, -0.15) is 5.20 Å². The van der Waals surface area contributed by atoms with Gasteiger partial charge in [0.1, 0.15) is 0 Å². The summed E-state index contributed by atoms with van der Waals surface area (Å²) < 4.78 is 0. The van der Waals surface area contributed by atoms with Gasteiger partial charge in [-0.15, -0.1) is 12.6 Å². The van der Waals surface area contributed by atoms with Crippen molar-refractivity contribution in [3.63, 3.8) is 0 Å². The maximum absolute atomic E-state index is 10.9. The molecule has 0 amide bonds. The van der Waals surface area contributed by atoms with Crippen molar-refractivity contribution in [1.82, 2.24) is 10.2 Å². The molecule has 20 heavy (non-hydrogen) atoms. The van der Waals surface area contributed by atoms with Gasteiger partial charge >= 0.3 is 0 Å². The number of hydrogen-bond donors (Lipinski definition) is 4. The van der Waals surface area contributed by atoms with Crippen molar-refractivity contribution in [3.05, 3.63) is 35.4 Å². The van der Waals surface area contributed by atoms with Crippen molar-refractivity contribution in [1.29, 1.82) is 0 Å². The van der Waals surface area contributed by atoms with E-state index in [1.54, 1.807) is 6.07 Å². The van der Waals surface area contributed by atoms with Crippen LogP contribution >= 0.6 is 21.2 Å². The first-order chi connectivity index (χ1) is 9.54. The SMILES string of the molecule is CCc1ccccc1C(=O)S.OP(O)NN1CCCC1. The van der Waals surface area contributed by atoms with E-state index < -0.39 is 8.53 Å². The molecule has 0 atom stereocenters. The second-order valence-electron chi connectivity index (χ2n) is 4.40. The molecular weight excluding hydrogens is 295 g/mol.